The quantitative estimate of drug-likeness (QED) is 0.806. The van der Waals surface area contributed by atoms with E-state index in [2.05, 4.69) is 0 Å². The highest BCUT2D eigenvalue weighted by Crippen LogP contribution is 2.25. The molecule has 0 unspecified atom stereocenters. The maximum Gasteiger partial charge on any atom is 0.336 e. The fourth-order valence-electron chi connectivity index (χ4n) is 1.49. The van der Waals surface area contributed by atoms with E-state index in [4.69, 9.17) is 14.9 Å². The minimum Gasteiger partial charge on any atom is -0.496 e. The van der Waals surface area contributed by atoms with Gasteiger partial charge in [-0.15, -0.1) is 0 Å². The molecule has 0 aliphatic heterocycles. The smallest absolute Gasteiger partial charge is 0.336 e. The Hall–Kier alpha value is -2.04. The molecule has 1 aromatic carbocycles. The Morgan fingerprint density at radius 3 is 2.38 bits per heavy atom. The highest BCUT2D eigenvalue weighted by molar-refractivity contribution is 5.92. The Balaban J connectivity index is 3.38. The summed E-state index contributed by atoms with van der Waals surface area (Å²) in [4.78, 5) is 21.6. The van der Waals surface area contributed by atoms with Crippen molar-refractivity contribution in [3.05, 3.63) is 28.8 Å². The van der Waals surface area contributed by atoms with E-state index in [-0.39, 0.29) is 17.5 Å². The second kappa shape index (κ2) is 4.65. The molecule has 0 fully saturated rings. The normalized spacial score (nSPS) is 9.88. The number of carbonyl (C=O) groups is 2. The van der Waals surface area contributed by atoms with E-state index in [1.54, 1.807) is 13.0 Å². The molecular formula is C11H12O5. The minimum absolute atomic E-state index is 0.0285. The van der Waals surface area contributed by atoms with Gasteiger partial charge in [-0.25, -0.2) is 4.79 Å². The second-order valence-electron chi connectivity index (χ2n) is 3.37. The molecule has 0 aliphatic rings. The van der Waals surface area contributed by atoms with Crippen molar-refractivity contribution in [2.45, 2.75) is 13.3 Å². The van der Waals surface area contributed by atoms with Gasteiger partial charge < -0.3 is 14.9 Å². The monoisotopic (exact) mass is 224 g/mol. The van der Waals surface area contributed by atoms with Gasteiger partial charge >= 0.3 is 11.9 Å². The molecule has 5 heteroatoms. The lowest BCUT2D eigenvalue weighted by Gasteiger charge is -2.11. The number of aromatic carboxylic acids is 1. The summed E-state index contributed by atoms with van der Waals surface area (Å²) in [6, 6.07) is 3.05. The van der Waals surface area contributed by atoms with Gasteiger partial charge in [0.2, 0.25) is 0 Å². The van der Waals surface area contributed by atoms with Crippen molar-refractivity contribution in [2.24, 2.45) is 0 Å². The Labute approximate surface area is 92.3 Å². The van der Waals surface area contributed by atoms with Crippen molar-refractivity contribution in [2.75, 3.05) is 7.11 Å². The minimum atomic E-state index is -1.15. The molecule has 5 nitrogen and oxygen atoms in total. The maximum absolute atomic E-state index is 11.0. The van der Waals surface area contributed by atoms with Crippen LogP contribution in [0.25, 0.3) is 0 Å². The zero-order valence-corrected chi connectivity index (χ0v) is 8.98. The van der Waals surface area contributed by atoms with Gasteiger partial charge in [0.25, 0.3) is 0 Å². The van der Waals surface area contributed by atoms with Gasteiger partial charge in [-0.2, -0.15) is 0 Å². The molecule has 1 rings (SSSR count). The van der Waals surface area contributed by atoms with E-state index in [9.17, 15) is 9.59 Å². The molecule has 1 aromatic rings. The third-order valence-electron chi connectivity index (χ3n) is 2.13. The summed E-state index contributed by atoms with van der Waals surface area (Å²) in [6.07, 6.45) is -0.370. The lowest BCUT2D eigenvalue weighted by Crippen LogP contribution is -2.10. The number of aryl methyl sites for hydroxylation is 1. The average Bonchev–Trinajstić information content (AvgIpc) is 2.19. The molecule has 0 heterocycles. The van der Waals surface area contributed by atoms with Gasteiger partial charge in [0, 0.05) is 5.56 Å². The lowest BCUT2D eigenvalue weighted by atomic mass is 10.0. The van der Waals surface area contributed by atoms with Crippen molar-refractivity contribution < 1.29 is 24.5 Å². The summed E-state index contributed by atoms with van der Waals surface area (Å²) < 4.78 is 4.99. The van der Waals surface area contributed by atoms with Crippen LogP contribution >= 0.6 is 0 Å². The first-order chi connectivity index (χ1) is 7.45. The zero-order valence-electron chi connectivity index (χ0n) is 8.98. The van der Waals surface area contributed by atoms with Gasteiger partial charge in [-0.05, 0) is 24.6 Å². The van der Waals surface area contributed by atoms with Gasteiger partial charge in [-0.1, -0.05) is 0 Å². The Kier molecular flexibility index (Phi) is 3.50. The number of hydrogen-bond acceptors (Lipinski definition) is 3. The molecule has 0 bridgehead atoms. The summed E-state index contributed by atoms with van der Waals surface area (Å²) in [7, 11) is 1.38. The van der Waals surface area contributed by atoms with E-state index in [1.165, 1.54) is 13.2 Å². The molecule has 0 aliphatic carbocycles. The van der Waals surface area contributed by atoms with Crippen LogP contribution in [0.15, 0.2) is 12.1 Å². The predicted octanol–water partition coefficient (Wildman–Crippen LogP) is 1.33. The number of methoxy groups -OCH3 is 1. The highest BCUT2D eigenvalue weighted by atomic mass is 16.5. The number of rotatable bonds is 4. The second-order valence-corrected chi connectivity index (χ2v) is 3.37. The molecule has 0 radical (unpaired) electrons. The number of aliphatic carboxylic acids is 1. The van der Waals surface area contributed by atoms with Gasteiger partial charge in [0.1, 0.15) is 5.75 Å². The summed E-state index contributed by atoms with van der Waals surface area (Å²) in [6.45, 7) is 1.72. The van der Waals surface area contributed by atoms with Crippen molar-refractivity contribution >= 4 is 11.9 Å². The molecular weight excluding hydrogens is 212 g/mol. The molecule has 0 aromatic heterocycles. The SMILES string of the molecule is COc1cc(C)cc(C(=O)O)c1CC(=O)O. The van der Waals surface area contributed by atoms with Crippen molar-refractivity contribution in [3.8, 4) is 5.75 Å². The van der Waals surface area contributed by atoms with Crippen LogP contribution in [-0.2, 0) is 11.2 Å². The van der Waals surface area contributed by atoms with Crippen molar-refractivity contribution in [1.29, 1.82) is 0 Å². The first-order valence-electron chi connectivity index (χ1n) is 4.58. The standard InChI is InChI=1S/C11H12O5/c1-6-3-8(11(14)15)7(5-10(12)13)9(4-6)16-2/h3-4H,5H2,1-2H3,(H,12,13)(H,14,15). The van der Waals surface area contributed by atoms with Crippen molar-refractivity contribution in [1.82, 2.24) is 0 Å². The number of carboxylic acids is 2. The van der Waals surface area contributed by atoms with Crippen molar-refractivity contribution in [3.63, 3.8) is 0 Å². The van der Waals surface area contributed by atoms with Crippen LogP contribution in [0.1, 0.15) is 21.5 Å². The summed E-state index contributed by atoms with van der Waals surface area (Å²) in [5.74, 6) is -1.96. The first kappa shape index (κ1) is 12.0. The van der Waals surface area contributed by atoms with Crippen LogP contribution in [0.3, 0.4) is 0 Å². The molecule has 0 atom stereocenters. The topological polar surface area (TPSA) is 83.8 Å². The third kappa shape index (κ3) is 2.50. The van der Waals surface area contributed by atoms with Crippen LogP contribution in [-0.4, -0.2) is 29.3 Å². The highest BCUT2D eigenvalue weighted by Gasteiger charge is 2.18. The summed E-state index contributed by atoms with van der Waals surface area (Å²) >= 11 is 0. The van der Waals surface area contributed by atoms with Gasteiger partial charge in [0.15, 0.2) is 0 Å². The fourth-order valence-corrected chi connectivity index (χ4v) is 1.49. The number of carboxylic acid groups (broad SMARTS) is 2. The van der Waals surface area contributed by atoms with Crippen LogP contribution < -0.4 is 4.74 Å². The Morgan fingerprint density at radius 2 is 1.94 bits per heavy atom. The van der Waals surface area contributed by atoms with E-state index in [1.807, 2.05) is 0 Å². The molecule has 0 saturated heterocycles. The molecule has 0 saturated carbocycles. The molecule has 0 amide bonds. The van der Waals surface area contributed by atoms with Gasteiger partial charge in [0.05, 0.1) is 19.1 Å². The summed E-state index contributed by atoms with van der Waals surface area (Å²) in [5.41, 5.74) is 0.871. The number of ether oxygens (including phenoxy) is 1. The van der Waals surface area contributed by atoms with E-state index < -0.39 is 11.9 Å². The fraction of sp³-hybridized carbons (Fsp3) is 0.273. The van der Waals surface area contributed by atoms with Crippen LogP contribution in [0.4, 0.5) is 0 Å². The molecule has 2 N–H and O–H groups in total. The first-order valence-corrected chi connectivity index (χ1v) is 4.58. The van der Waals surface area contributed by atoms with E-state index >= 15 is 0 Å². The Morgan fingerprint density at radius 1 is 1.31 bits per heavy atom. The lowest BCUT2D eigenvalue weighted by molar-refractivity contribution is -0.136. The van der Waals surface area contributed by atoms with Crippen LogP contribution in [0.2, 0.25) is 0 Å². The average molecular weight is 224 g/mol. The predicted molar refractivity (Wildman–Crippen MR) is 56.0 cm³/mol. The largest absolute Gasteiger partial charge is 0.496 e. The molecule has 86 valence electrons. The number of benzene rings is 1. The van der Waals surface area contributed by atoms with E-state index in [0.29, 0.717) is 11.3 Å². The van der Waals surface area contributed by atoms with E-state index in [0.717, 1.165) is 0 Å². The van der Waals surface area contributed by atoms with Crippen LogP contribution in [0, 0.1) is 6.92 Å². The maximum atomic E-state index is 11.0. The number of hydrogen-bond donors (Lipinski definition) is 2. The van der Waals surface area contributed by atoms with Gasteiger partial charge in [-0.3, -0.25) is 4.79 Å². The Bertz CT molecular complexity index is 436. The zero-order chi connectivity index (χ0) is 12.3. The molecule has 16 heavy (non-hydrogen) atoms. The summed E-state index contributed by atoms with van der Waals surface area (Å²) in [5, 5.41) is 17.7. The third-order valence-corrected chi connectivity index (χ3v) is 2.13. The van der Waals surface area contributed by atoms with Crippen LogP contribution in [0.5, 0.6) is 5.75 Å². The molecule has 0 spiro atoms.